The summed E-state index contributed by atoms with van der Waals surface area (Å²) in [6.45, 7) is 4.69. The Hall–Kier alpha value is -1.68. The Kier molecular flexibility index (Phi) is 2.26. The highest BCUT2D eigenvalue weighted by Crippen LogP contribution is 2.29. The summed E-state index contributed by atoms with van der Waals surface area (Å²) in [7, 11) is 0. The normalized spacial score (nSPS) is 11.4. The van der Waals surface area contributed by atoms with Crippen molar-refractivity contribution in [3.63, 3.8) is 0 Å². The molecule has 0 aliphatic rings. The summed E-state index contributed by atoms with van der Waals surface area (Å²) in [5.41, 5.74) is 2.07. The maximum absolute atomic E-state index is 11.8. The number of thiazole rings is 1. The first-order chi connectivity index (χ1) is 8.20. The van der Waals surface area contributed by atoms with Crippen LogP contribution in [0.4, 0.5) is 0 Å². The Morgan fingerprint density at radius 2 is 2.12 bits per heavy atom. The summed E-state index contributed by atoms with van der Waals surface area (Å²) < 4.78 is 2.96. The monoisotopic (exact) mass is 244 g/mol. The van der Waals surface area contributed by atoms with Crippen LogP contribution in [0.1, 0.15) is 11.9 Å². The maximum Gasteiger partial charge on any atom is 0.251 e. The summed E-state index contributed by atoms with van der Waals surface area (Å²) in [5.74, 6) is 0. The van der Waals surface area contributed by atoms with Crippen molar-refractivity contribution in [3.05, 3.63) is 39.6 Å². The van der Waals surface area contributed by atoms with Crippen molar-refractivity contribution in [2.24, 2.45) is 0 Å². The third-order valence-corrected chi connectivity index (χ3v) is 3.97. The van der Waals surface area contributed by atoms with Crippen molar-refractivity contribution in [1.82, 2.24) is 9.55 Å². The fourth-order valence-electron chi connectivity index (χ4n) is 2.20. The van der Waals surface area contributed by atoms with E-state index in [2.05, 4.69) is 4.98 Å². The van der Waals surface area contributed by atoms with Gasteiger partial charge in [-0.2, -0.15) is 0 Å². The highest BCUT2D eigenvalue weighted by Gasteiger charge is 2.08. The average Bonchev–Trinajstić information content (AvgIpc) is 2.69. The lowest BCUT2D eigenvalue weighted by Crippen LogP contribution is -2.17. The molecular weight excluding hydrogens is 232 g/mol. The lowest BCUT2D eigenvalue weighted by atomic mass is 10.2. The first-order valence-corrected chi connectivity index (χ1v) is 6.42. The van der Waals surface area contributed by atoms with Crippen LogP contribution < -0.4 is 5.56 Å². The van der Waals surface area contributed by atoms with Crippen LogP contribution >= 0.6 is 11.3 Å². The summed E-state index contributed by atoms with van der Waals surface area (Å²) >= 11 is 1.68. The van der Waals surface area contributed by atoms with Gasteiger partial charge in [0, 0.05) is 18.0 Å². The molecule has 3 rings (SSSR count). The number of aromatic nitrogens is 2. The number of fused-ring (bicyclic) bond motifs is 3. The first kappa shape index (κ1) is 10.5. The molecule has 0 fully saturated rings. The Bertz CT molecular complexity index is 770. The molecule has 0 spiro atoms. The molecule has 0 radical (unpaired) electrons. The highest BCUT2D eigenvalue weighted by molar-refractivity contribution is 7.19. The molecule has 0 N–H and O–H groups in total. The minimum absolute atomic E-state index is 0.0561. The van der Waals surface area contributed by atoms with Crippen LogP contribution in [0.5, 0.6) is 0 Å². The molecule has 2 aromatic heterocycles. The lowest BCUT2D eigenvalue weighted by Gasteiger charge is -2.07. The van der Waals surface area contributed by atoms with Gasteiger partial charge in [0.1, 0.15) is 0 Å². The van der Waals surface area contributed by atoms with Gasteiger partial charge in [-0.3, -0.25) is 4.79 Å². The number of rotatable bonds is 1. The number of aryl methyl sites for hydroxylation is 2. The molecule has 0 atom stereocenters. The molecule has 3 aromatic rings. The second-order valence-electron chi connectivity index (χ2n) is 4.00. The second-order valence-corrected chi connectivity index (χ2v) is 5.20. The molecule has 3 nitrogen and oxygen atoms in total. The van der Waals surface area contributed by atoms with Gasteiger partial charge in [-0.05, 0) is 32.0 Å². The molecule has 2 heterocycles. The van der Waals surface area contributed by atoms with Gasteiger partial charge >= 0.3 is 0 Å². The number of nitrogens with zero attached hydrogens (tertiary/aromatic N) is 2. The summed E-state index contributed by atoms with van der Waals surface area (Å²) in [4.78, 5) is 16.2. The van der Waals surface area contributed by atoms with E-state index in [0.29, 0.717) is 6.54 Å². The SMILES string of the molecule is CCn1c(=O)ccc2c3sc(C)nc3ccc21. The van der Waals surface area contributed by atoms with E-state index in [4.69, 9.17) is 0 Å². The van der Waals surface area contributed by atoms with Gasteiger partial charge in [-0.25, -0.2) is 4.98 Å². The minimum atomic E-state index is 0.0561. The van der Waals surface area contributed by atoms with Crippen LogP contribution in [0.2, 0.25) is 0 Å². The molecule has 1 aromatic carbocycles. The molecule has 0 aliphatic heterocycles. The van der Waals surface area contributed by atoms with Crippen LogP contribution in [0.25, 0.3) is 21.1 Å². The first-order valence-electron chi connectivity index (χ1n) is 5.60. The predicted molar refractivity (Wildman–Crippen MR) is 71.8 cm³/mol. The highest BCUT2D eigenvalue weighted by atomic mass is 32.1. The van der Waals surface area contributed by atoms with Crippen molar-refractivity contribution in [3.8, 4) is 0 Å². The maximum atomic E-state index is 11.8. The van der Waals surface area contributed by atoms with E-state index < -0.39 is 0 Å². The van der Waals surface area contributed by atoms with Crippen LogP contribution in [0.15, 0.2) is 29.1 Å². The van der Waals surface area contributed by atoms with Crippen LogP contribution in [-0.4, -0.2) is 9.55 Å². The van der Waals surface area contributed by atoms with Gasteiger partial charge in [0.15, 0.2) is 0 Å². The van der Waals surface area contributed by atoms with Gasteiger partial charge in [0.25, 0.3) is 5.56 Å². The molecule has 0 aliphatic carbocycles. The second kappa shape index (κ2) is 3.67. The Balaban J connectivity index is 2.56. The van der Waals surface area contributed by atoms with Gasteiger partial charge in [0.2, 0.25) is 0 Å². The summed E-state index contributed by atoms with van der Waals surface area (Å²) in [6.07, 6.45) is 0. The molecule has 0 amide bonds. The van der Waals surface area contributed by atoms with Crippen LogP contribution in [0.3, 0.4) is 0 Å². The quantitative estimate of drug-likeness (QED) is 0.659. The standard InChI is InChI=1S/C13H12N2OS/c1-3-15-11-6-5-10-13(17-8(2)14-10)9(11)4-7-12(15)16/h4-7H,3H2,1-2H3. The molecular formula is C13H12N2OS. The van der Waals surface area contributed by atoms with E-state index in [0.717, 1.165) is 21.4 Å². The topological polar surface area (TPSA) is 34.9 Å². The fraction of sp³-hybridized carbons (Fsp3) is 0.231. The number of hydrogen-bond acceptors (Lipinski definition) is 3. The average molecular weight is 244 g/mol. The molecule has 4 heteroatoms. The molecule has 0 saturated carbocycles. The van der Waals surface area contributed by atoms with Crippen molar-refractivity contribution in [1.29, 1.82) is 0 Å². The van der Waals surface area contributed by atoms with Crippen molar-refractivity contribution in [2.75, 3.05) is 0 Å². The van der Waals surface area contributed by atoms with Crippen molar-refractivity contribution in [2.45, 2.75) is 20.4 Å². The van der Waals surface area contributed by atoms with E-state index in [1.807, 2.05) is 32.0 Å². The molecule has 86 valence electrons. The summed E-state index contributed by atoms with van der Waals surface area (Å²) in [6, 6.07) is 7.53. The van der Waals surface area contributed by atoms with Crippen LogP contribution in [-0.2, 0) is 6.54 Å². The zero-order valence-electron chi connectivity index (χ0n) is 9.73. The van der Waals surface area contributed by atoms with E-state index in [9.17, 15) is 4.79 Å². The lowest BCUT2D eigenvalue weighted by molar-refractivity contribution is 0.760. The zero-order chi connectivity index (χ0) is 12.0. The van der Waals surface area contributed by atoms with Crippen molar-refractivity contribution >= 4 is 32.5 Å². The Labute approximate surface area is 102 Å². The summed E-state index contributed by atoms with van der Waals surface area (Å²) in [5, 5.41) is 2.18. The van der Waals surface area contributed by atoms with E-state index >= 15 is 0 Å². The fourth-order valence-corrected chi connectivity index (χ4v) is 3.14. The smallest absolute Gasteiger partial charge is 0.251 e. The number of benzene rings is 1. The third-order valence-electron chi connectivity index (χ3n) is 2.95. The third kappa shape index (κ3) is 1.48. The molecule has 0 bridgehead atoms. The van der Waals surface area contributed by atoms with Crippen LogP contribution in [0, 0.1) is 6.92 Å². The number of hydrogen-bond donors (Lipinski definition) is 0. The van der Waals surface area contributed by atoms with E-state index in [1.54, 1.807) is 22.0 Å². The zero-order valence-corrected chi connectivity index (χ0v) is 10.5. The Morgan fingerprint density at radius 1 is 1.29 bits per heavy atom. The predicted octanol–water partition coefficient (Wildman–Crippen LogP) is 2.94. The minimum Gasteiger partial charge on any atom is -0.309 e. The largest absolute Gasteiger partial charge is 0.309 e. The van der Waals surface area contributed by atoms with E-state index in [1.165, 1.54) is 4.70 Å². The van der Waals surface area contributed by atoms with Gasteiger partial charge in [-0.15, -0.1) is 11.3 Å². The van der Waals surface area contributed by atoms with Gasteiger partial charge in [0.05, 0.1) is 20.7 Å². The molecule has 0 unspecified atom stereocenters. The number of pyridine rings is 1. The van der Waals surface area contributed by atoms with E-state index in [-0.39, 0.29) is 5.56 Å². The molecule has 17 heavy (non-hydrogen) atoms. The van der Waals surface area contributed by atoms with Gasteiger partial charge in [-0.1, -0.05) is 0 Å². The Morgan fingerprint density at radius 3 is 2.88 bits per heavy atom. The van der Waals surface area contributed by atoms with Gasteiger partial charge < -0.3 is 4.57 Å². The molecule has 0 saturated heterocycles. The van der Waals surface area contributed by atoms with Crippen molar-refractivity contribution < 1.29 is 0 Å².